The molecule has 2 amide bonds. The van der Waals surface area contributed by atoms with E-state index in [-0.39, 0.29) is 12.0 Å². The molecule has 0 radical (unpaired) electrons. The minimum atomic E-state index is -0.509. The molecular weight excluding hydrogens is 306 g/mol. The SMILES string of the molecule is CC(C)(C)OC(=O)N1CCCN(C(=O)/C=C/c2cccnc2)CC1. The van der Waals surface area contributed by atoms with Crippen molar-refractivity contribution in [3.05, 3.63) is 36.2 Å². The maximum Gasteiger partial charge on any atom is 0.410 e. The average molecular weight is 331 g/mol. The summed E-state index contributed by atoms with van der Waals surface area (Å²) in [4.78, 5) is 31.9. The Morgan fingerprint density at radius 2 is 1.88 bits per heavy atom. The number of carbonyl (C=O) groups is 2. The Hall–Kier alpha value is -2.37. The second-order valence-corrected chi connectivity index (χ2v) is 6.77. The van der Waals surface area contributed by atoms with Crippen LogP contribution in [0, 0.1) is 0 Å². The summed E-state index contributed by atoms with van der Waals surface area (Å²) in [6.45, 7) is 7.78. The molecule has 1 aliphatic rings. The zero-order chi connectivity index (χ0) is 17.6. The molecule has 0 aromatic carbocycles. The Bertz CT molecular complexity index is 593. The van der Waals surface area contributed by atoms with Gasteiger partial charge in [-0.2, -0.15) is 0 Å². The van der Waals surface area contributed by atoms with Crippen molar-refractivity contribution in [3.8, 4) is 0 Å². The Morgan fingerprint density at radius 1 is 1.17 bits per heavy atom. The number of nitrogens with zero attached hydrogens (tertiary/aromatic N) is 3. The number of hydrogen-bond donors (Lipinski definition) is 0. The molecule has 6 nitrogen and oxygen atoms in total. The highest BCUT2D eigenvalue weighted by Gasteiger charge is 2.25. The van der Waals surface area contributed by atoms with Crippen LogP contribution in [0.15, 0.2) is 30.6 Å². The summed E-state index contributed by atoms with van der Waals surface area (Å²) < 4.78 is 5.40. The fourth-order valence-corrected chi connectivity index (χ4v) is 2.39. The molecule has 6 heteroatoms. The third-order valence-corrected chi connectivity index (χ3v) is 3.56. The smallest absolute Gasteiger partial charge is 0.410 e. The van der Waals surface area contributed by atoms with Crippen LogP contribution in [-0.2, 0) is 9.53 Å². The van der Waals surface area contributed by atoms with Crippen LogP contribution in [0.4, 0.5) is 4.79 Å². The molecule has 0 saturated carbocycles. The Balaban J connectivity index is 1.89. The van der Waals surface area contributed by atoms with Crippen LogP contribution >= 0.6 is 0 Å². The number of hydrogen-bond acceptors (Lipinski definition) is 4. The van der Waals surface area contributed by atoms with E-state index in [1.807, 2.05) is 32.9 Å². The van der Waals surface area contributed by atoms with Gasteiger partial charge in [-0.05, 0) is 44.9 Å². The third kappa shape index (κ3) is 5.68. The van der Waals surface area contributed by atoms with Gasteiger partial charge in [-0.15, -0.1) is 0 Å². The highest BCUT2D eigenvalue weighted by molar-refractivity contribution is 5.91. The zero-order valence-corrected chi connectivity index (χ0v) is 14.6. The van der Waals surface area contributed by atoms with Gasteiger partial charge in [0.05, 0.1) is 0 Å². The Morgan fingerprint density at radius 3 is 2.54 bits per heavy atom. The summed E-state index contributed by atoms with van der Waals surface area (Å²) in [7, 11) is 0. The van der Waals surface area contributed by atoms with Crippen molar-refractivity contribution in [3.63, 3.8) is 0 Å². The van der Waals surface area contributed by atoms with Crippen LogP contribution in [0.1, 0.15) is 32.8 Å². The van der Waals surface area contributed by atoms with Crippen molar-refractivity contribution in [1.29, 1.82) is 0 Å². The molecule has 0 N–H and O–H groups in total. The van der Waals surface area contributed by atoms with Gasteiger partial charge in [0.2, 0.25) is 5.91 Å². The number of carbonyl (C=O) groups excluding carboxylic acids is 2. The predicted octanol–water partition coefficient (Wildman–Crippen LogP) is 2.56. The zero-order valence-electron chi connectivity index (χ0n) is 14.6. The third-order valence-electron chi connectivity index (χ3n) is 3.56. The first-order chi connectivity index (χ1) is 11.3. The molecule has 0 aliphatic carbocycles. The molecule has 2 heterocycles. The second-order valence-electron chi connectivity index (χ2n) is 6.77. The first kappa shape index (κ1) is 18.0. The number of rotatable bonds is 2. The molecule has 0 spiro atoms. The predicted molar refractivity (Wildman–Crippen MR) is 92.3 cm³/mol. The lowest BCUT2D eigenvalue weighted by molar-refractivity contribution is -0.125. The second kappa shape index (κ2) is 7.95. The van der Waals surface area contributed by atoms with E-state index in [0.717, 1.165) is 12.0 Å². The molecular formula is C18H25N3O3. The summed E-state index contributed by atoms with van der Waals surface area (Å²) in [5.41, 5.74) is 0.377. The lowest BCUT2D eigenvalue weighted by atomic mass is 10.2. The Labute approximate surface area is 143 Å². The van der Waals surface area contributed by atoms with Crippen LogP contribution in [0.3, 0.4) is 0 Å². The first-order valence-electron chi connectivity index (χ1n) is 8.20. The molecule has 1 saturated heterocycles. The monoisotopic (exact) mass is 331 g/mol. The van der Waals surface area contributed by atoms with Crippen LogP contribution in [0.5, 0.6) is 0 Å². The Kier molecular flexibility index (Phi) is 5.95. The molecule has 1 aromatic rings. The molecule has 1 aliphatic heterocycles. The van der Waals surface area contributed by atoms with Gasteiger partial charge in [0.15, 0.2) is 0 Å². The van der Waals surface area contributed by atoms with Gasteiger partial charge in [-0.1, -0.05) is 6.07 Å². The minimum Gasteiger partial charge on any atom is -0.444 e. The van der Waals surface area contributed by atoms with Crippen molar-refractivity contribution in [1.82, 2.24) is 14.8 Å². The van der Waals surface area contributed by atoms with E-state index < -0.39 is 5.60 Å². The summed E-state index contributed by atoms with van der Waals surface area (Å²) in [5, 5.41) is 0. The van der Waals surface area contributed by atoms with E-state index >= 15 is 0 Å². The molecule has 0 atom stereocenters. The number of pyridine rings is 1. The maximum absolute atomic E-state index is 12.3. The fourth-order valence-electron chi connectivity index (χ4n) is 2.39. The van der Waals surface area contributed by atoms with Crippen LogP contribution in [0.2, 0.25) is 0 Å². The van der Waals surface area contributed by atoms with E-state index in [1.165, 1.54) is 0 Å². The molecule has 1 fully saturated rings. The van der Waals surface area contributed by atoms with E-state index in [9.17, 15) is 9.59 Å². The molecule has 24 heavy (non-hydrogen) atoms. The van der Waals surface area contributed by atoms with E-state index in [1.54, 1.807) is 34.3 Å². The van der Waals surface area contributed by atoms with Crippen molar-refractivity contribution in [2.45, 2.75) is 32.8 Å². The van der Waals surface area contributed by atoms with Gasteiger partial charge in [-0.25, -0.2) is 4.79 Å². The normalized spacial score (nSPS) is 16.1. The van der Waals surface area contributed by atoms with Crippen LogP contribution in [0.25, 0.3) is 6.08 Å². The van der Waals surface area contributed by atoms with Crippen LogP contribution in [-0.4, -0.2) is 58.6 Å². The summed E-state index contributed by atoms with van der Waals surface area (Å²) >= 11 is 0. The van der Waals surface area contributed by atoms with E-state index in [4.69, 9.17) is 4.74 Å². The van der Waals surface area contributed by atoms with Crippen molar-refractivity contribution in [2.24, 2.45) is 0 Å². The van der Waals surface area contributed by atoms with Crippen LogP contribution < -0.4 is 0 Å². The molecule has 0 bridgehead atoms. The van der Waals surface area contributed by atoms with Crippen molar-refractivity contribution >= 4 is 18.1 Å². The topological polar surface area (TPSA) is 62.7 Å². The largest absolute Gasteiger partial charge is 0.444 e. The van der Waals surface area contributed by atoms with Gasteiger partial charge in [0.25, 0.3) is 0 Å². The quantitative estimate of drug-likeness (QED) is 0.781. The van der Waals surface area contributed by atoms with Crippen molar-refractivity contribution < 1.29 is 14.3 Å². The first-order valence-corrected chi connectivity index (χ1v) is 8.20. The van der Waals surface area contributed by atoms with Gasteiger partial charge >= 0.3 is 6.09 Å². The standard InChI is InChI=1S/C18H25N3O3/c1-18(2,3)24-17(23)21-11-5-10-20(12-13-21)16(22)8-7-15-6-4-9-19-14-15/h4,6-9,14H,5,10-13H2,1-3H3/b8-7+. The molecule has 130 valence electrons. The number of amides is 2. The molecule has 0 unspecified atom stereocenters. The summed E-state index contributed by atoms with van der Waals surface area (Å²) in [6, 6.07) is 3.72. The lowest BCUT2D eigenvalue weighted by Crippen LogP contribution is -2.39. The lowest BCUT2D eigenvalue weighted by Gasteiger charge is -2.26. The van der Waals surface area contributed by atoms with Gasteiger partial charge in [-0.3, -0.25) is 9.78 Å². The molecule has 2 rings (SSSR count). The minimum absolute atomic E-state index is 0.0510. The maximum atomic E-state index is 12.3. The number of ether oxygens (including phenoxy) is 1. The van der Waals surface area contributed by atoms with Crippen molar-refractivity contribution in [2.75, 3.05) is 26.2 Å². The molecule has 1 aromatic heterocycles. The summed E-state index contributed by atoms with van der Waals surface area (Å²) in [6.07, 6.45) is 7.13. The summed E-state index contributed by atoms with van der Waals surface area (Å²) in [5.74, 6) is -0.0510. The van der Waals surface area contributed by atoms with Gasteiger partial charge in [0.1, 0.15) is 5.60 Å². The highest BCUT2D eigenvalue weighted by atomic mass is 16.6. The van der Waals surface area contributed by atoms with Gasteiger partial charge in [0, 0.05) is 44.6 Å². The average Bonchev–Trinajstić information content (AvgIpc) is 2.78. The van der Waals surface area contributed by atoms with Gasteiger partial charge < -0.3 is 14.5 Å². The van der Waals surface area contributed by atoms with E-state index in [0.29, 0.717) is 26.2 Å². The highest BCUT2D eigenvalue weighted by Crippen LogP contribution is 2.12. The number of aromatic nitrogens is 1. The van der Waals surface area contributed by atoms with E-state index in [2.05, 4.69) is 4.98 Å². The fraction of sp³-hybridized carbons (Fsp3) is 0.500.